The average molecular weight is 397 g/mol. The van der Waals surface area contributed by atoms with Crippen molar-refractivity contribution in [3.63, 3.8) is 0 Å². The van der Waals surface area contributed by atoms with Crippen molar-refractivity contribution < 1.29 is 4.74 Å². The minimum Gasteiger partial charge on any atom is -0.383 e. The highest BCUT2D eigenvalue weighted by Crippen LogP contribution is 2.24. The smallest absolute Gasteiger partial charge is 0.169 e. The molecule has 0 aliphatic rings. The van der Waals surface area contributed by atoms with E-state index in [1.54, 1.807) is 7.11 Å². The second-order valence-electron chi connectivity index (χ2n) is 7.03. The Morgan fingerprint density at radius 1 is 1.21 bits per heavy atom. The van der Waals surface area contributed by atoms with Gasteiger partial charge in [-0.05, 0) is 67.9 Å². The summed E-state index contributed by atoms with van der Waals surface area (Å²) < 4.78 is 5.13. The molecule has 0 bridgehead atoms. The molecular formula is C22H28N4OS. The SMILES string of the molecule is COCCNC(=S)N(CCc1c(C)[nH]c2ccc(C)cc12)Cc1ccncc1. The summed E-state index contributed by atoms with van der Waals surface area (Å²) >= 11 is 5.67. The average Bonchev–Trinajstić information content (AvgIpc) is 3.00. The molecule has 3 rings (SSSR count). The standard InChI is InChI=1S/C22H28N4OS/c1-16-4-5-21-20(14-16)19(17(2)25-21)8-12-26(22(28)24-11-13-27-3)15-18-6-9-23-10-7-18/h4-7,9-10,14,25H,8,11-13,15H2,1-3H3,(H,24,28). The first kappa shape index (κ1) is 20.3. The highest BCUT2D eigenvalue weighted by molar-refractivity contribution is 7.80. The van der Waals surface area contributed by atoms with Gasteiger partial charge in [-0.3, -0.25) is 4.98 Å². The summed E-state index contributed by atoms with van der Waals surface area (Å²) in [7, 11) is 1.70. The van der Waals surface area contributed by atoms with Crippen molar-refractivity contribution in [1.29, 1.82) is 0 Å². The summed E-state index contributed by atoms with van der Waals surface area (Å²) in [6.07, 6.45) is 4.56. The van der Waals surface area contributed by atoms with E-state index in [-0.39, 0.29) is 0 Å². The fourth-order valence-corrected chi connectivity index (χ4v) is 3.66. The molecule has 6 heteroatoms. The van der Waals surface area contributed by atoms with Crippen LogP contribution in [0.25, 0.3) is 10.9 Å². The fraction of sp³-hybridized carbons (Fsp3) is 0.364. The first-order valence-corrected chi connectivity index (χ1v) is 9.97. The molecule has 1 aromatic carbocycles. The molecule has 0 unspecified atom stereocenters. The van der Waals surface area contributed by atoms with Crippen LogP contribution in [-0.4, -0.2) is 46.8 Å². The van der Waals surface area contributed by atoms with E-state index in [0.29, 0.717) is 13.2 Å². The molecule has 148 valence electrons. The van der Waals surface area contributed by atoms with Gasteiger partial charge in [0.1, 0.15) is 0 Å². The van der Waals surface area contributed by atoms with Crippen LogP contribution >= 0.6 is 12.2 Å². The van der Waals surface area contributed by atoms with Crippen LogP contribution in [0.4, 0.5) is 0 Å². The lowest BCUT2D eigenvalue weighted by Crippen LogP contribution is -2.41. The minimum atomic E-state index is 0.629. The fourth-order valence-electron chi connectivity index (χ4n) is 3.40. The highest BCUT2D eigenvalue weighted by atomic mass is 32.1. The number of nitrogens with one attached hydrogen (secondary N) is 2. The van der Waals surface area contributed by atoms with E-state index < -0.39 is 0 Å². The third kappa shape index (κ3) is 5.09. The molecular weight excluding hydrogens is 368 g/mol. The number of methoxy groups -OCH3 is 1. The molecule has 0 aliphatic heterocycles. The van der Waals surface area contributed by atoms with Crippen LogP contribution in [0.5, 0.6) is 0 Å². The number of aryl methyl sites for hydroxylation is 2. The molecule has 2 heterocycles. The minimum absolute atomic E-state index is 0.629. The van der Waals surface area contributed by atoms with E-state index in [0.717, 1.165) is 24.6 Å². The van der Waals surface area contributed by atoms with Crippen LogP contribution in [0, 0.1) is 13.8 Å². The Morgan fingerprint density at radius 3 is 2.75 bits per heavy atom. The summed E-state index contributed by atoms with van der Waals surface area (Å²) in [6, 6.07) is 10.6. The molecule has 2 aromatic heterocycles. The van der Waals surface area contributed by atoms with Gasteiger partial charge >= 0.3 is 0 Å². The van der Waals surface area contributed by atoms with E-state index in [4.69, 9.17) is 17.0 Å². The van der Waals surface area contributed by atoms with Crippen LogP contribution in [0.15, 0.2) is 42.7 Å². The van der Waals surface area contributed by atoms with Gasteiger partial charge in [-0.15, -0.1) is 0 Å². The number of fused-ring (bicyclic) bond motifs is 1. The zero-order chi connectivity index (χ0) is 19.9. The van der Waals surface area contributed by atoms with E-state index in [1.165, 1.54) is 33.3 Å². The third-order valence-electron chi connectivity index (χ3n) is 4.90. The largest absolute Gasteiger partial charge is 0.383 e. The van der Waals surface area contributed by atoms with Gasteiger partial charge in [0, 0.05) is 55.7 Å². The number of rotatable bonds is 8. The van der Waals surface area contributed by atoms with Crippen molar-refractivity contribution in [2.24, 2.45) is 0 Å². The molecule has 0 atom stereocenters. The van der Waals surface area contributed by atoms with Gasteiger partial charge in [-0.1, -0.05) is 11.6 Å². The Labute approximate surface area is 172 Å². The summed E-state index contributed by atoms with van der Waals surface area (Å²) in [5.41, 5.74) is 6.25. The van der Waals surface area contributed by atoms with Crippen LogP contribution in [-0.2, 0) is 17.7 Å². The number of hydrogen-bond donors (Lipinski definition) is 2. The predicted molar refractivity (Wildman–Crippen MR) is 119 cm³/mol. The topological polar surface area (TPSA) is 53.2 Å². The summed E-state index contributed by atoms with van der Waals surface area (Å²) in [4.78, 5) is 9.83. The van der Waals surface area contributed by atoms with Gasteiger partial charge in [0.2, 0.25) is 0 Å². The summed E-state index contributed by atoms with van der Waals surface area (Å²) in [6.45, 7) is 7.20. The third-order valence-corrected chi connectivity index (χ3v) is 5.30. The van der Waals surface area contributed by atoms with E-state index in [2.05, 4.69) is 52.2 Å². The molecule has 0 radical (unpaired) electrons. The Balaban J connectivity index is 1.76. The lowest BCUT2D eigenvalue weighted by atomic mass is 10.1. The second-order valence-corrected chi connectivity index (χ2v) is 7.42. The molecule has 5 nitrogen and oxygen atoms in total. The zero-order valence-electron chi connectivity index (χ0n) is 16.8. The van der Waals surface area contributed by atoms with E-state index in [1.807, 2.05) is 24.5 Å². The maximum absolute atomic E-state index is 5.67. The predicted octanol–water partition coefficient (Wildman–Crippen LogP) is 3.75. The number of aromatic amines is 1. The van der Waals surface area contributed by atoms with Crippen molar-refractivity contribution in [1.82, 2.24) is 20.2 Å². The quantitative estimate of drug-likeness (QED) is 0.449. The second kappa shape index (κ2) is 9.66. The van der Waals surface area contributed by atoms with Gasteiger partial charge < -0.3 is 19.9 Å². The number of hydrogen-bond acceptors (Lipinski definition) is 3. The molecule has 0 aliphatic carbocycles. The summed E-state index contributed by atoms with van der Waals surface area (Å²) in [5, 5.41) is 5.36. The lowest BCUT2D eigenvalue weighted by molar-refractivity contribution is 0.203. The molecule has 3 aromatic rings. The van der Waals surface area contributed by atoms with Crippen molar-refractivity contribution in [2.75, 3.05) is 26.8 Å². The van der Waals surface area contributed by atoms with Gasteiger partial charge in [0.25, 0.3) is 0 Å². The van der Waals surface area contributed by atoms with Crippen LogP contribution in [0.2, 0.25) is 0 Å². The maximum atomic E-state index is 5.67. The molecule has 0 fully saturated rings. The van der Waals surface area contributed by atoms with Crippen molar-refractivity contribution in [3.05, 3.63) is 65.1 Å². The Bertz CT molecular complexity index is 923. The van der Waals surface area contributed by atoms with Crippen LogP contribution in [0.1, 0.15) is 22.4 Å². The first-order chi connectivity index (χ1) is 13.6. The van der Waals surface area contributed by atoms with Gasteiger partial charge in [0.15, 0.2) is 5.11 Å². The molecule has 0 spiro atoms. The molecule has 0 saturated heterocycles. The highest BCUT2D eigenvalue weighted by Gasteiger charge is 2.14. The number of nitrogens with zero attached hydrogens (tertiary/aromatic N) is 2. The van der Waals surface area contributed by atoms with Crippen molar-refractivity contribution in [3.8, 4) is 0 Å². The number of ether oxygens (including phenoxy) is 1. The number of benzene rings is 1. The number of aromatic nitrogens is 2. The van der Waals surface area contributed by atoms with Gasteiger partial charge in [0.05, 0.1) is 6.61 Å². The van der Waals surface area contributed by atoms with Crippen molar-refractivity contribution >= 4 is 28.2 Å². The Morgan fingerprint density at radius 2 is 2.00 bits per heavy atom. The summed E-state index contributed by atoms with van der Waals surface area (Å²) in [5.74, 6) is 0. The van der Waals surface area contributed by atoms with E-state index >= 15 is 0 Å². The molecule has 2 N–H and O–H groups in total. The molecule has 0 saturated carbocycles. The first-order valence-electron chi connectivity index (χ1n) is 9.57. The molecule has 0 amide bonds. The van der Waals surface area contributed by atoms with Gasteiger partial charge in [-0.2, -0.15) is 0 Å². The van der Waals surface area contributed by atoms with Crippen molar-refractivity contribution in [2.45, 2.75) is 26.8 Å². The Kier molecular flexibility index (Phi) is 7.01. The normalized spacial score (nSPS) is 11.0. The number of H-pyrrole nitrogens is 1. The Hall–Kier alpha value is -2.44. The van der Waals surface area contributed by atoms with E-state index in [9.17, 15) is 0 Å². The van der Waals surface area contributed by atoms with Crippen LogP contribution < -0.4 is 5.32 Å². The van der Waals surface area contributed by atoms with Gasteiger partial charge in [-0.25, -0.2) is 0 Å². The lowest BCUT2D eigenvalue weighted by Gasteiger charge is -2.26. The monoisotopic (exact) mass is 396 g/mol. The number of pyridine rings is 1. The maximum Gasteiger partial charge on any atom is 0.169 e. The van der Waals surface area contributed by atoms with Crippen LogP contribution in [0.3, 0.4) is 0 Å². The molecule has 28 heavy (non-hydrogen) atoms. The number of thiocarbonyl (C=S) groups is 1. The zero-order valence-corrected chi connectivity index (χ0v) is 17.6.